The predicted molar refractivity (Wildman–Crippen MR) is 104 cm³/mol. The van der Waals surface area contributed by atoms with Crippen molar-refractivity contribution >= 4 is 11.7 Å². The Morgan fingerprint density at radius 1 is 1.21 bits per heavy atom. The SMILES string of the molecule is O=C(NCc1cnn(CC2CCC2)c1)Nc1ccc(Oc2cccnc2)nc1. The molecule has 3 aromatic heterocycles. The van der Waals surface area contributed by atoms with Gasteiger partial charge in [0.1, 0.15) is 5.75 Å². The van der Waals surface area contributed by atoms with Gasteiger partial charge in [0.2, 0.25) is 5.88 Å². The van der Waals surface area contributed by atoms with Gasteiger partial charge in [0.15, 0.2) is 0 Å². The number of pyridine rings is 2. The lowest BCUT2D eigenvalue weighted by molar-refractivity contribution is 0.251. The molecule has 144 valence electrons. The monoisotopic (exact) mass is 378 g/mol. The van der Waals surface area contributed by atoms with Crippen molar-refractivity contribution in [1.29, 1.82) is 0 Å². The summed E-state index contributed by atoms with van der Waals surface area (Å²) in [5, 5.41) is 9.94. The quantitative estimate of drug-likeness (QED) is 0.655. The number of rotatable bonds is 7. The summed E-state index contributed by atoms with van der Waals surface area (Å²) in [5.41, 5.74) is 1.56. The average Bonchev–Trinajstić information content (AvgIpc) is 3.13. The number of urea groups is 1. The summed E-state index contributed by atoms with van der Waals surface area (Å²) in [6.07, 6.45) is 12.5. The van der Waals surface area contributed by atoms with Crippen molar-refractivity contribution in [2.24, 2.45) is 5.92 Å². The molecule has 0 aliphatic heterocycles. The van der Waals surface area contributed by atoms with Crippen LogP contribution in [0, 0.1) is 5.92 Å². The number of aromatic nitrogens is 4. The first-order chi connectivity index (χ1) is 13.7. The Labute approximate surface area is 163 Å². The summed E-state index contributed by atoms with van der Waals surface area (Å²) in [6, 6.07) is 6.70. The molecule has 0 bridgehead atoms. The molecule has 2 N–H and O–H groups in total. The molecule has 8 heteroatoms. The fraction of sp³-hybridized carbons (Fsp3) is 0.300. The second kappa shape index (κ2) is 8.51. The molecule has 0 aromatic carbocycles. The largest absolute Gasteiger partial charge is 0.437 e. The Hall–Kier alpha value is -3.42. The number of nitrogens with zero attached hydrogens (tertiary/aromatic N) is 4. The van der Waals surface area contributed by atoms with Crippen LogP contribution in [0.25, 0.3) is 0 Å². The number of amides is 2. The van der Waals surface area contributed by atoms with E-state index in [4.69, 9.17) is 4.74 Å². The van der Waals surface area contributed by atoms with E-state index in [9.17, 15) is 4.79 Å². The third kappa shape index (κ3) is 4.85. The Kier molecular flexibility index (Phi) is 5.46. The summed E-state index contributed by atoms with van der Waals surface area (Å²) < 4.78 is 7.54. The molecule has 0 unspecified atom stereocenters. The molecular weight excluding hydrogens is 356 g/mol. The zero-order chi connectivity index (χ0) is 19.2. The smallest absolute Gasteiger partial charge is 0.319 e. The van der Waals surface area contributed by atoms with Crippen LogP contribution in [0.5, 0.6) is 11.6 Å². The van der Waals surface area contributed by atoms with Crippen molar-refractivity contribution in [2.75, 3.05) is 5.32 Å². The molecule has 0 radical (unpaired) electrons. The van der Waals surface area contributed by atoms with E-state index < -0.39 is 0 Å². The average molecular weight is 378 g/mol. The van der Waals surface area contributed by atoms with Crippen molar-refractivity contribution in [3.05, 3.63) is 60.8 Å². The molecule has 1 aliphatic rings. The topological polar surface area (TPSA) is 94.0 Å². The van der Waals surface area contributed by atoms with Gasteiger partial charge in [-0.15, -0.1) is 0 Å². The van der Waals surface area contributed by atoms with E-state index in [0.29, 0.717) is 23.9 Å². The lowest BCUT2D eigenvalue weighted by Crippen LogP contribution is -2.28. The van der Waals surface area contributed by atoms with Crippen LogP contribution >= 0.6 is 0 Å². The number of hydrogen-bond donors (Lipinski definition) is 2. The number of hydrogen-bond acceptors (Lipinski definition) is 5. The summed E-state index contributed by atoms with van der Waals surface area (Å²) in [7, 11) is 0. The minimum absolute atomic E-state index is 0.297. The second-order valence-electron chi connectivity index (χ2n) is 6.85. The first kappa shape index (κ1) is 18.0. The molecule has 8 nitrogen and oxygen atoms in total. The Morgan fingerprint density at radius 2 is 2.14 bits per heavy atom. The molecule has 4 rings (SSSR count). The fourth-order valence-electron chi connectivity index (χ4n) is 2.94. The highest BCUT2D eigenvalue weighted by Gasteiger charge is 2.18. The number of ether oxygens (including phenoxy) is 1. The summed E-state index contributed by atoms with van der Waals surface area (Å²) in [6.45, 7) is 1.39. The van der Waals surface area contributed by atoms with E-state index in [-0.39, 0.29) is 6.03 Å². The Bertz CT molecular complexity index is 906. The van der Waals surface area contributed by atoms with Crippen LogP contribution in [0.2, 0.25) is 0 Å². The summed E-state index contributed by atoms with van der Waals surface area (Å²) in [5.74, 6) is 1.78. The molecule has 1 fully saturated rings. The normalized spacial score (nSPS) is 13.6. The maximum absolute atomic E-state index is 12.1. The van der Waals surface area contributed by atoms with Crippen LogP contribution < -0.4 is 15.4 Å². The van der Waals surface area contributed by atoms with Gasteiger partial charge in [0, 0.05) is 37.1 Å². The zero-order valence-corrected chi connectivity index (χ0v) is 15.4. The Balaban J connectivity index is 1.23. The first-order valence-electron chi connectivity index (χ1n) is 9.35. The van der Waals surface area contributed by atoms with Gasteiger partial charge in [-0.25, -0.2) is 9.78 Å². The number of carbonyl (C=O) groups is 1. The fourth-order valence-corrected chi connectivity index (χ4v) is 2.94. The molecule has 0 saturated heterocycles. The van der Waals surface area contributed by atoms with Gasteiger partial charge in [0.25, 0.3) is 0 Å². The van der Waals surface area contributed by atoms with Crippen LogP contribution in [0.4, 0.5) is 10.5 Å². The number of anilines is 1. The highest BCUT2D eigenvalue weighted by atomic mass is 16.5. The Morgan fingerprint density at radius 3 is 2.86 bits per heavy atom. The van der Waals surface area contributed by atoms with Gasteiger partial charge in [-0.2, -0.15) is 5.10 Å². The highest BCUT2D eigenvalue weighted by Crippen LogP contribution is 2.27. The van der Waals surface area contributed by atoms with Gasteiger partial charge in [-0.1, -0.05) is 6.42 Å². The lowest BCUT2D eigenvalue weighted by Gasteiger charge is -2.24. The van der Waals surface area contributed by atoms with Gasteiger partial charge < -0.3 is 15.4 Å². The lowest BCUT2D eigenvalue weighted by atomic mass is 9.85. The van der Waals surface area contributed by atoms with Gasteiger partial charge in [0.05, 0.1) is 24.3 Å². The molecule has 3 heterocycles. The molecule has 1 aliphatic carbocycles. The van der Waals surface area contributed by atoms with E-state index in [2.05, 4.69) is 25.7 Å². The molecule has 28 heavy (non-hydrogen) atoms. The van der Waals surface area contributed by atoms with Crippen molar-refractivity contribution in [3.63, 3.8) is 0 Å². The minimum atomic E-state index is -0.297. The van der Waals surface area contributed by atoms with Crippen LogP contribution in [-0.4, -0.2) is 25.8 Å². The van der Waals surface area contributed by atoms with E-state index >= 15 is 0 Å². The molecule has 0 atom stereocenters. The molecule has 2 amide bonds. The second-order valence-corrected chi connectivity index (χ2v) is 6.85. The van der Waals surface area contributed by atoms with Crippen molar-refractivity contribution < 1.29 is 9.53 Å². The summed E-state index contributed by atoms with van der Waals surface area (Å²) in [4.78, 5) is 20.3. The first-order valence-corrected chi connectivity index (χ1v) is 9.35. The van der Waals surface area contributed by atoms with E-state index in [1.165, 1.54) is 19.3 Å². The maximum atomic E-state index is 12.1. The summed E-state index contributed by atoms with van der Waals surface area (Å²) >= 11 is 0. The van der Waals surface area contributed by atoms with E-state index in [1.807, 2.05) is 10.9 Å². The standard InChI is InChI=1S/C20H22N6O2/c27-20(23-9-16-10-24-26(14-16)13-15-3-1-4-15)25-17-6-7-19(22-11-17)28-18-5-2-8-21-12-18/h2,5-8,10-12,14-15H,1,3-4,9,13H2,(H2,23,25,27). The molecular formula is C20H22N6O2. The van der Waals surface area contributed by atoms with Crippen molar-refractivity contribution in [2.45, 2.75) is 32.4 Å². The van der Waals surface area contributed by atoms with Crippen molar-refractivity contribution in [3.8, 4) is 11.6 Å². The highest BCUT2D eigenvalue weighted by molar-refractivity contribution is 5.88. The maximum Gasteiger partial charge on any atom is 0.319 e. The van der Waals surface area contributed by atoms with Crippen molar-refractivity contribution in [1.82, 2.24) is 25.1 Å². The molecule has 0 spiro atoms. The minimum Gasteiger partial charge on any atom is -0.437 e. The number of carbonyl (C=O) groups excluding carboxylic acids is 1. The number of nitrogens with one attached hydrogen (secondary N) is 2. The van der Waals surface area contributed by atoms with Crippen LogP contribution in [0.3, 0.4) is 0 Å². The van der Waals surface area contributed by atoms with Gasteiger partial charge in [-0.3, -0.25) is 9.67 Å². The third-order valence-corrected chi connectivity index (χ3v) is 4.66. The molecule has 1 saturated carbocycles. The van der Waals surface area contributed by atoms with E-state index in [0.717, 1.165) is 18.0 Å². The van der Waals surface area contributed by atoms with Crippen LogP contribution in [0.15, 0.2) is 55.2 Å². The van der Waals surface area contributed by atoms with E-state index in [1.54, 1.807) is 49.1 Å². The van der Waals surface area contributed by atoms with Gasteiger partial charge >= 0.3 is 6.03 Å². The molecule has 3 aromatic rings. The van der Waals surface area contributed by atoms with Crippen LogP contribution in [-0.2, 0) is 13.1 Å². The zero-order valence-electron chi connectivity index (χ0n) is 15.4. The van der Waals surface area contributed by atoms with Crippen LogP contribution in [0.1, 0.15) is 24.8 Å². The third-order valence-electron chi connectivity index (χ3n) is 4.66. The predicted octanol–water partition coefficient (Wildman–Crippen LogP) is 3.59. The van der Waals surface area contributed by atoms with Gasteiger partial charge in [-0.05, 0) is 37.0 Å².